The van der Waals surface area contributed by atoms with Gasteiger partial charge in [-0.1, -0.05) is 41.6 Å². The number of likely N-dealkylation sites (tertiary alicyclic amines) is 1. The van der Waals surface area contributed by atoms with Gasteiger partial charge in [0.2, 0.25) is 5.91 Å². The van der Waals surface area contributed by atoms with Crippen molar-refractivity contribution in [2.45, 2.75) is 23.9 Å². The summed E-state index contributed by atoms with van der Waals surface area (Å²) in [7, 11) is 0. The topological polar surface area (TPSA) is 79.7 Å². The van der Waals surface area contributed by atoms with Gasteiger partial charge in [0.15, 0.2) is 5.16 Å². The standard InChI is InChI=1S/C22H21ClN6OS/c23-16-6-3-7-17(11-16)29-14-24-27-22(29)31-13-20(30)28-10-4-5-15(12-28)21-25-18-8-1-2-9-19(18)26-21/h1-3,6-9,11,14-15H,4-5,10,12-13H2,(H,25,26). The van der Waals surface area contributed by atoms with Crippen LogP contribution in [0.3, 0.4) is 0 Å². The molecule has 0 spiro atoms. The molecule has 1 amide bonds. The van der Waals surface area contributed by atoms with E-state index in [1.54, 1.807) is 6.33 Å². The fourth-order valence-corrected chi connectivity index (χ4v) is 4.95. The van der Waals surface area contributed by atoms with Crippen LogP contribution in [0.2, 0.25) is 5.02 Å². The Morgan fingerprint density at radius 1 is 1.23 bits per heavy atom. The number of H-pyrrole nitrogens is 1. The second kappa shape index (κ2) is 8.72. The monoisotopic (exact) mass is 452 g/mol. The number of imidazole rings is 1. The van der Waals surface area contributed by atoms with Gasteiger partial charge in [-0.15, -0.1) is 10.2 Å². The molecule has 5 rings (SSSR count). The Labute approximate surface area is 188 Å². The van der Waals surface area contributed by atoms with Crippen molar-refractivity contribution < 1.29 is 4.79 Å². The lowest BCUT2D eigenvalue weighted by atomic mass is 9.97. The molecule has 4 aromatic rings. The van der Waals surface area contributed by atoms with Gasteiger partial charge in [0.05, 0.1) is 22.5 Å². The van der Waals surface area contributed by atoms with Crippen LogP contribution in [0.5, 0.6) is 0 Å². The quantitative estimate of drug-likeness (QED) is 0.457. The Balaban J connectivity index is 1.24. The molecule has 1 fully saturated rings. The number of piperidine rings is 1. The molecule has 1 saturated heterocycles. The van der Waals surface area contributed by atoms with E-state index in [2.05, 4.69) is 15.2 Å². The minimum atomic E-state index is 0.103. The van der Waals surface area contributed by atoms with Gasteiger partial charge >= 0.3 is 0 Å². The lowest BCUT2D eigenvalue weighted by Gasteiger charge is -2.31. The minimum Gasteiger partial charge on any atom is -0.342 e. The van der Waals surface area contributed by atoms with Crippen LogP contribution in [0.4, 0.5) is 0 Å². The van der Waals surface area contributed by atoms with E-state index in [1.807, 2.05) is 58.0 Å². The molecule has 3 heterocycles. The highest BCUT2D eigenvalue weighted by atomic mass is 35.5. The van der Waals surface area contributed by atoms with Gasteiger partial charge in [0.1, 0.15) is 12.2 Å². The summed E-state index contributed by atoms with van der Waals surface area (Å²) in [5, 5.41) is 9.49. The highest BCUT2D eigenvalue weighted by Gasteiger charge is 2.27. The molecule has 1 N–H and O–H groups in total. The number of amides is 1. The Morgan fingerprint density at radius 2 is 2.13 bits per heavy atom. The van der Waals surface area contributed by atoms with Crippen molar-refractivity contribution in [1.29, 1.82) is 0 Å². The number of thioether (sulfide) groups is 1. The molecule has 0 aliphatic carbocycles. The summed E-state index contributed by atoms with van der Waals surface area (Å²) in [5.74, 6) is 1.61. The summed E-state index contributed by atoms with van der Waals surface area (Å²) in [5.41, 5.74) is 2.88. The van der Waals surface area contributed by atoms with E-state index in [0.29, 0.717) is 22.5 Å². The van der Waals surface area contributed by atoms with Crippen molar-refractivity contribution in [1.82, 2.24) is 29.6 Å². The van der Waals surface area contributed by atoms with Gasteiger partial charge in [-0.2, -0.15) is 0 Å². The predicted molar refractivity (Wildman–Crippen MR) is 122 cm³/mol. The smallest absolute Gasteiger partial charge is 0.233 e. The SMILES string of the molecule is O=C(CSc1nncn1-c1cccc(Cl)c1)N1CCCC(c2nc3ccccc3[nH]2)C1. The minimum absolute atomic E-state index is 0.103. The van der Waals surface area contributed by atoms with Crippen LogP contribution < -0.4 is 0 Å². The number of benzene rings is 2. The third-order valence-corrected chi connectivity index (χ3v) is 6.66. The van der Waals surface area contributed by atoms with Crippen LogP contribution in [-0.2, 0) is 4.79 Å². The molecular formula is C22H21ClN6OS. The highest BCUT2D eigenvalue weighted by Crippen LogP contribution is 2.28. The summed E-state index contributed by atoms with van der Waals surface area (Å²) in [6.07, 6.45) is 3.63. The molecule has 1 aliphatic heterocycles. The molecule has 7 nitrogen and oxygen atoms in total. The molecule has 0 saturated carbocycles. The number of nitrogens with one attached hydrogen (secondary N) is 1. The van der Waals surface area contributed by atoms with Crippen LogP contribution in [0.1, 0.15) is 24.6 Å². The maximum Gasteiger partial charge on any atom is 0.233 e. The average molecular weight is 453 g/mol. The molecule has 1 atom stereocenters. The van der Waals surface area contributed by atoms with E-state index in [0.717, 1.165) is 41.9 Å². The maximum atomic E-state index is 12.9. The van der Waals surface area contributed by atoms with Crippen LogP contribution in [0.15, 0.2) is 60.0 Å². The van der Waals surface area contributed by atoms with Crippen molar-refractivity contribution in [2.24, 2.45) is 0 Å². The van der Waals surface area contributed by atoms with Crippen molar-refractivity contribution in [3.8, 4) is 5.69 Å². The largest absolute Gasteiger partial charge is 0.342 e. The highest BCUT2D eigenvalue weighted by molar-refractivity contribution is 7.99. The summed E-state index contributed by atoms with van der Waals surface area (Å²) in [6.45, 7) is 1.46. The Bertz CT molecular complexity index is 1190. The van der Waals surface area contributed by atoms with Gasteiger partial charge in [0, 0.05) is 24.0 Å². The molecule has 9 heteroatoms. The van der Waals surface area contributed by atoms with Gasteiger partial charge in [-0.3, -0.25) is 9.36 Å². The van der Waals surface area contributed by atoms with Gasteiger partial charge in [-0.25, -0.2) is 4.98 Å². The van der Waals surface area contributed by atoms with Crippen LogP contribution >= 0.6 is 23.4 Å². The fourth-order valence-electron chi connectivity index (χ4n) is 3.94. The summed E-state index contributed by atoms with van der Waals surface area (Å²) in [6, 6.07) is 15.5. The molecule has 158 valence electrons. The summed E-state index contributed by atoms with van der Waals surface area (Å²) >= 11 is 7.49. The third-order valence-electron chi connectivity index (χ3n) is 5.50. The van der Waals surface area contributed by atoms with Gasteiger partial charge in [-0.05, 0) is 43.2 Å². The maximum absolute atomic E-state index is 12.9. The Morgan fingerprint density at radius 3 is 3.00 bits per heavy atom. The van der Waals surface area contributed by atoms with E-state index in [9.17, 15) is 4.79 Å². The van der Waals surface area contributed by atoms with Crippen molar-refractivity contribution in [3.05, 3.63) is 65.7 Å². The number of carbonyl (C=O) groups excluding carboxylic acids is 1. The Kier molecular flexibility index (Phi) is 5.65. The van der Waals surface area contributed by atoms with E-state index in [4.69, 9.17) is 16.6 Å². The van der Waals surface area contributed by atoms with E-state index < -0.39 is 0 Å². The number of nitrogens with zero attached hydrogens (tertiary/aromatic N) is 5. The number of fused-ring (bicyclic) bond motifs is 1. The zero-order valence-corrected chi connectivity index (χ0v) is 18.3. The number of halogens is 1. The zero-order chi connectivity index (χ0) is 21.2. The second-order valence-electron chi connectivity index (χ2n) is 7.57. The number of para-hydroxylation sites is 2. The first kappa shape index (κ1) is 20.1. The molecule has 0 radical (unpaired) electrons. The molecule has 1 unspecified atom stereocenters. The molecule has 1 aliphatic rings. The number of carbonyl (C=O) groups is 1. The number of aromatic nitrogens is 5. The average Bonchev–Trinajstić information content (AvgIpc) is 3.44. The first-order valence-corrected chi connectivity index (χ1v) is 11.5. The van der Waals surface area contributed by atoms with Crippen molar-refractivity contribution >= 4 is 40.3 Å². The molecular weight excluding hydrogens is 432 g/mol. The first-order chi connectivity index (χ1) is 15.2. The van der Waals surface area contributed by atoms with Gasteiger partial charge < -0.3 is 9.88 Å². The summed E-state index contributed by atoms with van der Waals surface area (Å²) in [4.78, 5) is 23.0. The van der Waals surface area contributed by atoms with Crippen LogP contribution in [0, 0.1) is 0 Å². The van der Waals surface area contributed by atoms with Crippen molar-refractivity contribution in [3.63, 3.8) is 0 Å². The predicted octanol–water partition coefficient (Wildman–Crippen LogP) is 4.30. The van der Waals surface area contributed by atoms with Crippen LogP contribution in [0.25, 0.3) is 16.7 Å². The molecule has 31 heavy (non-hydrogen) atoms. The number of hydrogen-bond donors (Lipinski definition) is 1. The van der Waals surface area contributed by atoms with Gasteiger partial charge in [0.25, 0.3) is 0 Å². The number of aromatic amines is 1. The molecule has 2 aromatic carbocycles. The second-order valence-corrected chi connectivity index (χ2v) is 8.95. The number of hydrogen-bond acceptors (Lipinski definition) is 5. The fraction of sp³-hybridized carbons (Fsp3) is 0.273. The molecule has 2 aromatic heterocycles. The van der Waals surface area contributed by atoms with E-state index in [1.165, 1.54) is 11.8 Å². The number of rotatable bonds is 5. The Hall–Kier alpha value is -2.84. The zero-order valence-electron chi connectivity index (χ0n) is 16.7. The van der Waals surface area contributed by atoms with Crippen molar-refractivity contribution in [2.75, 3.05) is 18.8 Å². The van der Waals surface area contributed by atoms with Crippen LogP contribution in [-0.4, -0.2) is 54.4 Å². The first-order valence-electron chi connectivity index (χ1n) is 10.2. The lowest BCUT2D eigenvalue weighted by molar-refractivity contribution is -0.129. The third kappa shape index (κ3) is 4.31. The normalized spacial score (nSPS) is 16.7. The van der Waals surface area contributed by atoms with E-state index >= 15 is 0 Å². The van der Waals surface area contributed by atoms with E-state index in [-0.39, 0.29) is 11.8 Å². The summed E-state index contributed by atoms with van der Waals surface area (Å²) < 4.78 is 1.84. The lowest BCUT2D eigenvalue weighted by Crippen LogP contribution is -2.40. The molecule has 0 bridgehead atoms.